The molecule has 3 heteroatoms. The van der Waals surface area contributed by atoms with Gasteiger partial charge in [0.2, 0.25) is 0 Å². The molecule has 4 aromatic carbocycles. The first kappa shape index (κ1) is 20.1. The molecule has 158 valence electrons. The van der Waals surface area contributed by atoms with Crippen LogP contribution < -0.4 is 9.91 Å². The van der Waals surface area contributed by atoms with Crippen molar-refractivity contribution in [3.05, 3.63) is 120 Å². The van der Waals surface area contributed by atoms with E-state index in [9.17, 15) is 0 Å². The summed E-state index contributed by atoms with van der Waals surface area (Å²) in [7, 11) is 1.96. The predicted molar refractivity (Wildman–Crippen MR) is 136 cm³/mol. The molecule has 0 aliphatic heterocycles. The summed E-state index contributed by atoms with van der Waals surface area (Å²) in [5, 5.41) is 6.47. The first-order chi connectivity index (χ1) is 15.8. The number of benzene rings is 4. The number of para-hydroxylation sites is 2. The van der Waals surface area contributed by atoms with Crippen LogP contribution in [0, 0.1) is 0 Å². The summed E-state index contributed by atoms with van der Waals surface area (Å²) in [6.07, 6.45) is 5.54. The van der Waals surface area contributed by atoms with Gasteiger partial charge in [0, 0.05) is 24.1 Å². The van der Waals surface area contributed by atoms with Crippen LogP contribution >= 0.6 is 0 Å². The van der Waals surface area contributed by atoms with Crippen molar-refractivity contribution < 1.29 is 0 Å². The second-order valence-corrected chi connectivity index (χ2v) is 8.17. The van der Waals surface area contributed by atoms with Gasteiger partial charge in [-0.15, -0.1) is 0 Å². The quantitative estimate of drug-likeness (QED) is 0.246. The Labute approximate surface area is 190 Å². The van der Waals surface area contributed by atoms with Crippen molar-refractivity contribution in [2.24, 2.45) is 5.10 Å². The van der Waals surface area contributed by atoms with Crippen molar-refractivity contribution in [3.63, 3.8) is 0 Å². The van der Waals surface area contributed by atoms with Gasteiger partial charge in [-0.2, -0.15) is 5.10 Å². The van der Waals surface area contributed by atoms with Gasteiger partial charge >= 0.3 is 0 Å². The lowest BCUT2D eigenvalue weighted by Gasteiger charge is -2.26. The Balaban J connectivity index is 1.43. The van der Waals surface area contributed by atoms with Crippen LogP contribution in [0.4, 0.5) is 22.7 Å². The number of hydrogen-bond donors (Lipinski definition) is 0. The molecule has 0 heterocycles. The highest BCUT2D eigenvalue weighted by Gasteiger charge is 2.16. The molecular formula is C29H27N3. The zero-order chi connectivity index (χ0) is 21.8. The molecule has 0 spiro atoms. The van der Waals surface area contributed by atoms with E-state index in [4.69, 9.17) is 0 Å². The van der Waals surface area contributed by atoms with E-state index in [1.807, 2.05) is 36.5 Å². The van der Waals surface area contributed by atoms with E-state index in [-0.39, 0.29) is 0 Å². The molecule has 0 aromatic heterocycles. The maximum Gasteiger partial charge on any atom is 0.0590 e. The molecule has 5 rings (SSSR count). The molecule has 0 fully saturated rings. The van der Waals surface area contributed by atoms with E-state index in [1.54, 1.807) is 0 Å². The molecule has 0 N–H and O–H groups in total. The minimum Gasteiger partial charge on any atom is -0.310 e. The summed E-state index contributed by atoms with van der Waals surface area (Å²) in [4.78, 5) is 2.33. The van der Waals surface area contributed by atoms with Crippen molar-refractivity contribution in [2.75, 3.05) is 17.0 Å². The number of anilines is 4. The highest BCUT2D eigenvalue weighted by molar-refractivity contribution is 5.83. The van der Waals surface area contributed by atoms with Crippen molar-refractivity contribution in [2.45, 2.75) is 19.3 Å². The second kappa shape index (κ2) is 9.11. The lowest BCUT2D eigenvalue weighted by Crippen LogP contribution is -2.10. The molecule has 0 saturated carbocycles. The fourth-order valence-corrected chi connectivity index (χ4v) is 4.29. The largest absolute Gasteiger partial charge is 0.310 e. The van der Waals surface area contributed by atoms with Gasteiger partial charge in [0.05, 0.1) is 11.9 Å². The van der Waals surface area contributed by atoms with Crippen molar-refractivity contribution in [1.29, 1.82) is 0 Å². The van der Waals surface area contributed by atoms with Crippen molar-refractivity contribution >= 4 is 29.0 Å². The van der Waals surface area contributed by atoms with Gasteiger partial charge in [-0.25, -0.2) is 0 Å². The Morgan fingerprint density at radius 3 is 1.94 bits per heavy atom. The predicted octanol–water partition coefficient (Wildman–Crippen LogP) is 7.12. The Bertz CT molecular complexity index is 1200. The van der Waals surface area contributed by atoms with Crippen LogP contribution in [0.3, 0.4) is 0 Å². The maximum absolute atomic E-state index is 4.59. The van der Waals surface area contributed by atoms with Gasteiger partial charge in [-0.05, 0) is 84.5 Å². The topological polar surface area (TPSA) is 18.8 Å². The van der Waals surface area contributed by atoms with Crippen LogP contribution in [-0.4, -0.2) is 13.3 Å². The van der Waals surface area contributed by atoms with Gasteiger partial charge in [0.15, 0.2) is 0 Å². The Morgan fingerprint density at radius 1 is 0.625 bits per heavy atom. The summed E-state index contributed by atoms with van der Waals surface area (Å²) in [5.74, 6) is 0. The molecule has 0 amide bonds. The van der Waals surface area contributed by atoms with Gasteiger partial charge in [0.1, 0.15) is 0 Å². The van der Waals surface area contributed by atoms with Crippen LogP contribution in [0.2, 0.25) is 0 Å². The van der Waals surface area contributed by atoms with E-state index in [2.05, 4.69) is 94.9 Å². The summed E-state index contributed by atoms with van der Waals surface area (Å²) >= 11 is 0. The molecule has 0 bridgehead atoms. The molecular weight excluding hydrogens is 390 g/mol. The van der Waals surface area contributed by atoms with E-state index in [1.165, 1.54) is 36.1 Å². The van der Waals surface area contributed by atoms with E-state index in [0.29, 0.717) is 0 Å². The van der Waals surface area contributed by atoms with Crippen LogP contribution in [0.1, 0.15) is 23.1 Å². The molecule has 3 nitrogen and oxygen atoms in total. The average Bonchev–Trinajstić information content (AvgIpc) is 3.33. The minimum absolute atomic E-state index is 1.06. The highest BCUT2D eigenvalue weighted by atomic mass is 15.4. The van der Waals surface area contributed by atoms with Gasteiger partial charge in [-0.3, -0.25) is 5.01 Å². The second-order valence-electron chi connectivity index (χ2n) is 8.17. The Kier molecular flexibility index (Phi) is 5.71. The molecule has 0 saturated heterocycles. The van der Waals surface area contributed by atoms with Crippen molar-refractivity contribution in [3.8, 4) is 0 Å². The first-order valence-corrected chi connectivity index (χ1v) is 11.2. The average molecular weight is 418 g/mol. The summed E-state index contributed by atoms with van der Waals surface area (Å²) in [6.45, 7) is 0. The third kappa shape index (κ3) is 4.28. The van der Waals surface area contributed by atoms with Gasteiger partial charge < -0.3 is 4.90 Å². The Morgan fingerprint density at radius 2 is 1.22 bits per heavy atom. The van der Waals surface area contributed by atoms with Gasteiger partial charge in [-0.1, -0.05) is 54.6 Å². The smallest absolute Gasteiger partial charge is 0.0590 e. The Hall–Kier alpha value is -3.85. The fraction of sp³-hybridized carbons (Fsp3) is 0.138. The molecule has 32 heavy (non-hydrogen) atoms. The first-order valence-electron chi connectivity index (χ1n) is 11.2. The highest BCUT2D eigenvalue weighted by Crippen LogP contribution is 2.36. The lowest BCUT2D eigenvalue weighted by molar-refractivity contribution is 0.912. The molecule has 1 aliphatic rings. The SMILES string of the molecule is CN(N=Cc1ccc(N(c2ccccc2)c2ccc3c(c2)CCC3)cc1)c1ccccc1. The van der Waals surface area contributed by atoms with Crippen molar-refractivity contribution in [1.82, 2.24) is 0 Å². The number of nitrogens with zero attached hydrogens (tertiary/aromatic N) is 3. The maximum atomic E-state index is 4.59. The van der Waals surface area contributed by atoms with Crippen LogP contribution in [0.25, 0.3) is 0 Å². The van der Waals surface area contributed by atoms with E-state index < -0.39 is 0 Å². The molecule has 0 unspecified atom stereocenters. The van der Waals surface area contributed by atoms with E-state index >= 15 is 0 Å². The zero-order valence-corrected chi connectivity index (χ0v) is 18.4. The normalized spacial score (nSPS) is 12.7. The summed E-state index contributed by atoms with van der Waals surface area (Å²) < 4.78 is 0. The third-order valence-corrected chi connectivity index (χ3v) is 6.02. The van der Waals surface area contributed by atoms with Crippen LogP contribution in [-0.2, 0) is 12.8 Å². The minimum atomic E-state index is 1.06. The fourth-order valence-electron chi connectivity index (χ4n) is 4.29. The lowest BCUT2D eigenvalue weighted by atomic mass is 10.1. The number of rotatable bonds is 6. The summed E-state index contributed by atoms with van der Waals surface area (Å²) in [5.41, 5.74) is 8.62. The number of aryl methyl sites for hydroxylation is 2. The van der Waals surface area contributed by atoms with Crippen LogP contribution in [0.15, 0.2) is 108 Å². The zero-order valence-electron chi connectivity index (χ0n) is 18.4. The molecule has 4 aromatic rings. The molecule has 1 aliphatic carbocycles. The van der Waals surface area contributed by atoms with E-state index in [0.717, 1.165) is 22.6 Å². The van der Waals surface area contributed by atoms with Crippen LogP contribution in [0.5, 0.6) is 0 Å². The number of hydrazone groups is 1. The van der Waals surface area contributed by atoms with Gasteiger partial charge in [0.25, 0.3) is 0 Å². The standard InChI is InChI=1S/C29H27N3/c1-31(26-11-4-2-5-12-26)30-22-23-15-18-28(19-16-23)32(27-13-6-3-7-14-27)29-20-17-24-9-8-10-25(24)21-29/h2-7,11-22H,8-10H2,1H3. The summed E-state index contributed by atoms with van der Waals surface area (Å²) in [6, 6.07) is 36.2. The monoisotopic (exact) mass is 417 g/mol. The number of fused-ring (bicyclic) bond motifs is 1. The third-order valence-electron chi connectivity index (χ3n) is 6.02. The molecule has 0 radical (unpaired) electrons. The number of hydrogen-bond acceptors (Lipinski definition) is 3. The molecule has 0 atom stereocenters.